The number of fused-ring (bicyclic) bond motifs is 1. The summed E-state index contributed by atoms with van der Waals surface area (Å²) in [5, 5.41) is 19.8. The van der Waals surface area contributed by atoms with Gasteiger partial charge in [-0.15, -0.1) is 5.10 Å². The number of para-hydroxylation sites is 1. The highest BCUT2D eigenvalue weighted by molar-refractivity contribution is 7.89. The highest BCUT2D eigenvalue weighted by Gasteiger charge is 2.34. The van der Waals surface area contributed by atoms with Gasteiger partial charge in [-0.3, -0.25) is 10.1 Å². The van der Waals surface area contributed by atoms with Crippen molar-refractivity contribution >= 4 is 32.7 Å². The smallest absolute Gasteiger partial charge is 0.289 e. The molecule has 0 radical (unpaired) electrons. The Kier molecular flexibility index (Phi) is 5.63. The number of rotatable bonds is 6. The van der Waals surface area contributed by atoms with Crippen LogP contribution in [0.2, 0.25) is 0 Å². The van der Waals surface area contributed by atoms with Crippen LogP contribution in [0.1, 0.15) is 5.56 Å². The van der Waals surface area contributed by atoms with Crippen LogP contribution >= 0.6 is 0 Å². The van der Waals surface area contributed by atoms with Gasteiger partial charge in [0.2, 0.25) is 10.0 Å². The minimum atomic E-state index is -4.02. The highest BCUT2D eigenvalue weighted by Crippen LogP contribution is 2.28. The first kappa shape index (κ1) is 21.9. The Bertz CT molecular complexity index is 1450. The number of anilines is 1. The zero-order chi connectivity index (χ0) is 23.7. The fourth-order valence-electron chi connectivity index (χ4n) is 3.98. The molecule has 0 bridgehead atoms. The Balaban J connectivity index is 1.36. The molecule has 0 unspecified atom stereocenters. The first-order chi connectivity index (χ1) is 16.4. The first-order valence-electron chi connectivity index (χ1n) is 10.5. The lowest BCUT2D eigenvalue weighted by molar-refractivity contribution is -0.387. The van der Waals surface area contributed by atoms with Crippen LogP contribution in [0.15, 0.2) is 65.8 Å². The molecule has 174 valence electrons. The molecule has 0 N–H and O–H groups in total. The average Bonchev–Trinajstić information content (AvgIpc) is 3.27. The molecule has 5 rings (SSSR count). The van der Waals surface area contributed by atoms with Gasteiger partial charge in [0.1, 0.15) is 6.33 Å². The molecule has 34 heavy (non-hydrogen) atoms. The summed E-state index contributed by atoms with van der Waals surface area (Å²) in [6, 6.07) is 15.2. The molecule has 13 heteroatoms. The number of hydrogen-bond acceptors (Lipinski definition) is 9. The van der Waals surface area contributed by atoms with Gasteiger partial charge in [0.05, 0.1) is 11.5 Å². The van der Waals surface area contributed by atoms with Crippen LogP contribution in [0.3, 0.4) is 0 Å². The fourth-order valence-corrected chi connectivity index (χ4v) is 5.56. The Morgan fingerprint density at radius 1 is 0.941 bits per heavy atom. The van der Waals surface area contributed by atoms with Crippen LogP contribution in [-0.2, 0) is 16.6 Å². The van der Waals surface area contributed by atoms with Gasteiger partial charge in [-0.1, -0.05) is 47.7 Å². The average molecular weight is 481 g/mol. The molecule has 0 aliphatic carbocycles. The maximum atomic E-state index is 13.1. The molecule has 12 nitrogen and oxygen atoms in total. The van der Waals surface area contributed by atoms with Crippen LogP contribution in [0.4, 0.5) is 11.5 Å². The van der Waals surface area contributed by atoms with Gasteiger partial charge in [-0.05, 0) is 11.6 Å². The maximum Gasteiger partial charge on any atom is 0.289 e. The third kappa shape index (κ3) is 3.95. The molecule has 0 saturated carbocycles. The van der Waals surface area contributed by atoms with E-state index in [1.807, 2.05) is 35.2 Å². The van der Waals surface area contributed by atoms with E-state index in [0.29, 0.717) is 36.6 Å². The van der Waals surface area contributed by atoms with E-state index in [2.05, 4.69) is 20.3 Å². The van der Waals surface area contributed by atoms with Crippen molar-refractivity contribution in [1.82, 2.24) is 29.3 Å². The SMILES string of the molecule is O=[N+]([O-])c1ccccc1S(=O)(=O)N1CCN(c2ncnc3c2nnn3Cc2ccccc2)CC1. The Labute approximate surface area is 194 Å². The molecule has 0 amide bonds. The van der Waals surface area contributed by atoms with Gasteiger partial charge in [0, 0.05) is 32.2 Å². The normalized spacial score (nSPS) is 15.0. The quantitative estimate of drug-likeness (QED) is 0.298. The van der Waals surface area contributed by atoms with E-state index in [4.69, 9.17) is 0 Å². The van der Waals surface area contributed by atoms with E-state index in [-0.39, 0.29) is 18.0 Å². The van der Waals surface area contributed by atoms with Gasteiger partial charge in [0.25, 0.3) is 5.69 Å². The van der Waals surface area contributed by atoms with Gasteiger partial charge >= 0.3 is 0 Å². The molecule has 3 heterocycles. The zero-order valence-corrected chi connectivity index (χ0v) is 18.7. The zero-order valence-electron chi connectivity index (χ0n) is 17.9. The first-order valence-corrected chi connectivity index (χ1v) is 12.0. The third-order valence-electron chi connectivity index (χ3n) is 5.67. The van der Waals surface area contributed by atoms with Crippen molar-refractivity contribution in [3.05, 3.63) is 76.6 Å². The Morgan fingerprint density at radius 2 is 1.65 bits per heavy atom. The number of sulfonamides is 1. The summed E-state index contributed by atoms with van der Waals surface area (Å²) < 4.78 is 29.2. The molecule has 2 aromatic heterocycles. The van der Waals surface area contributed by atoms with Crippen molar-refractivity contribution < 1.29 is 13.3 Å². The highest BCUT2D eigenvalue weighted by atomic mass is 32.2. The number of benzene rings is 2. The standard InChI is InChI=1S/C21H20N8O4S/c30-29(31)17-8-4-5-9-18(17)34(32,33)27-12-10-26(11-13-27)20-19-21(23-15-22-20)28(25-24-19)14-16-6-2-1-3-7-16/h1-9,15H,10-14H2. The molecule has 4 aromatic rings. The predicted octanol–water partition coefficient (Wildman–Crippen LogP) is 1.69. The van der Waals surface area contributed by atoms with Gasteiger partial charge in [-0.2, -0.15) is 4.31 Å². The summed E-state index contributed by atoms with van der Waals surface area (Å²) in [4.78, 5) is 21.0. The second kappa shape index (κ2) is 8.76. The number of nitro benzene ring substituents is 1. The van der Waals surface area contributed by atoms with Crippen LogP contribution in [0, 0.1) is 10.1 Å². The summed E-state index contributed by atoms with van der Waals surface area (Å²) in [5.74, 6) is 0.576. The number of nitro groups is 1. The van der Waals surface area contributed by atoms with E-state index < -0.39 is 20.6 Å². The third-order valence-corrected chi connectivity index (χ3v) is 7.62. The molecule has 1 aliphatic rings. The predicted molar refractivity (Wildman–Crippen MR) is 123 cm³/mol. The van der Waals surface area contributed by atoms with Crippen molar-refractivity contribution in [3.8, 4) is 0 Å². The molecule has 1 fully saturated rings. The summed E-state index contributed by atoms with van der Waals surface area (Å²) >= 11 is 0. The van der Waals surface area contributed by atoms with Crippen LogP contribution in [-0.4, -0.2) is 68.8 Å². The number of nitrogens with zero attached hydrogens (tertiary/aromatic N) is 8. The Morgan fingerprint density at radius 3 is 2.38 bits per heavy atom. The van der Waals surface area contributed by atoms with Gasteiger partial charge in [-0.25, -0.2) is 23.1 Å². The lowest BCUT2D eigenvalue weighted by Gasteiger charge is -2.34. The topological polar surface area (TPSA) is 140 Å². The number of hydrogen-bond donors (Lipinski definition) is 0. The lowest BCUT2D eigenvalue weighted by atomic mass is 10.2. The van der Waals surface area contributed by atoms with E-state index in [1.165, 1.54) is 34.9 Å². The van der Waals surface area contributed by atoms with Crippen molar-refractivity contribution in [2.24, 2.45) is 0 Å². The van der Waals surface area contributed by atoms with E-state index in [0.717, 1.165) is 5.56 Å². The molecule has 2 aromatic carbocycles. The van der Waals surface area contributed by atoms with Gasteiger partial charge in [0.15, 0.2) is 21.9 Å². The summed E-state index contributed by atoms with van der Waals surface area (Å²) in [6.07, 6.45) is 1.44. The van der Waals surface area contributed by atoms with Crippen molar-refractivity contribution in [2.45, 2.75) is 11.4 Å². The minimum Gasteiger partial charge on any atom is -0.352 e. The second-order valence-electron chi connectivity index (χ2n) is 7.72. The largest absolute Gasteiger partial charge is 0.352 e. The van der Waals surface area contributed by atoms with E-state index in [1.54, 1.807) is 4.68 Å². The van der Waals surface area contributed by atoms with Crippen molar-refractivity contribution in [3.63, 3.8) is 0 Å². The second-order valence-corrected chi connectivity index (χ2v) is 9.62. The molecule has 0 atom stereocenters. The summed E-state index contributed by atoms with van der Waals surface area (Å²) in [7, 11) is -4.02. The summed E-state index contributed by atoms with van der Waals surface area (Å²) in [6.45, 7) is 1.50. The molecular formula is C21H20N8O4S. The monoisotopic (exact) mass is 480 g/mol. The maximum absolute atomic E-state index is 13.1. The van der Waals surface area contributed by atoms with Crippen molar-refractivity contribution in [2.75, 3.05) is 31.1 Å². The number of aromatic nitrogens is 5. The molecular weight excluding hydrogens is 460 g/mol. The molecule has 0 spiro atoms. The summed E-state index contributed by atoms with van der Waals surface area (Å²) in [5.41, 5.74) is 1.75. The van der Waals surface area contributed by atoms with Crippen molar-refractivity contribution in [1.29, 1.82) is 0 Å². The fraction of sp³-hybridized carbons (Fsp3) is 0.238. The van der Waals surface area contributed by atoms with Crippen LogP contribution in [0.25, 0.3) is 11.2 Å². The molecule has 1 aliphatic heterocycles. The van der Waals surface area contributed by atoms with E-state index in [9.17, 15) is 18.5 Å². The van der Waals surface area contributed by atoms with E-state index >= 15 is 0 Å². The van der Waals surface area contributed by atoms with Gasteiger partial charge < -0.3 is 4.90 Å². The van der Waals surface area contributed by atoms with Crippen LogP contribution < -0.4 is 4.90 Å². The Hall–Kier alpha value is -3.97. The van der Waals surface area contributed by atoms with Crippen LogP contribution in [0.5, 0.6) is 0 Å². The molecule has 1 saturated heterocycles. The minimum absolute atomic E-state index is 0.151. The lowest BCUT2D eigenvalue weighted by Crippen LogP contribution is -2.49. The number of piperazine rings is 1.